The number of methoxy groups -OCH3 is 2. The van der Waals surface area contributed by atoms with Crippen LogP contribution in [-0.4, -0.2) is 35.3 Å². The number of hydrogen-bond donors (Lipinski definition) is 1. The summed E-state index contributed by atoms with van der Waals surface area (Å²) in [6.07, 6.45) is 1.98. The third-order valence-corrected chi connectivity index (χ3v) is 6.64. The molecule has 1 amide bonds. The second-order valence-electron chi connectivity index (χ2n) is 7.55. The van der Waals surface area contributed by atoms with E-state index in [1.54, 1.807) is 20.3 Å². The number of rotatable bonds is 8. The molecular formula is C25H26N4O3S. The van der Waals surface area contributed by atoms with Gasteiger partial charge in [-0.2, -0.15) is 0 Å². The average Bonchev–Trinajstić information content (AvgIpc) is 3.31. The van der Waals surface area contributed by atoms with Crippen LogP contribution in [0.3, 0.4) is 0 Å². The number of benzene rings is 2. The van der Waals surface area contributed by atoms with Crippen LogP contribution in [0.1, 0.15) is 48.0 Å². The summed E-state index contributed by atoms with van der Waals surface area (Å²) in [5, 5.41) is 13.6. The maximum Gasteiger partial charge on any atom is 0.258 e. The second-order valence-corrected chi connectivity index (χ2v) is 8.56. The maximum atomic E-state index is 13.3. The average molecular weight is 463 g/mol. The zero-order valence-electron chi connectivity index (χ0n) is 19.1. The highest BCUT2D eigenvalue weighted by atomic mass is 32.1. The Morgan fingerprint density at radius 3 is 2.48 bits per heavy atom. The summed E-state index contributed by atoms with van der Waals surface area (Å²) in [7, 11) is 3.18. The topological polar surface area (TPSA) is 86.2 Å². The minimum atomic E-state index is -0.248. The number of carbonyl (C=O) groups excluding carboxylic acids is 1. The number of ether oxygens (including phenoxy) is 2. The van der Waals surface area contributed by atoms with E-state index in [0.29, 0.717) is 33.8 Å². The minimum Gasteiger partial charge on any atom is -0.493 e. The Balaban J connectivity index is 1.72. The fourth-order valence-electron chi connectivity index (χ4n) is 3.76. The van der Waals surface area contributed by atoms with Gasteiger partial charge in [-0.1, -0.05) is 43.4 Å². The molecule has 170 valence electrons. The van der Waals surface area contributed by atoms with E-state index in [2.05, 4.69) is 29.4 Å². The van der Waals surface area contributed by atoms with Crippen LogP contribution in [-0.2, 0) is 0 Å². The molecule has 0 aliphatic carbocycles. The van der Waals surface area contributed by atoms with Gasteiger partial charge in [0.05, 0.1) is 31.0 Å². The molecular weight excluding hydrogens is 436 g/mol. The van der Waals surface area contributed by atoms with Gasteiger partial charge in [0.15, 0.2) is 11.5 Å². The predicted octanol–water partition coefficient (Wildman–Crippen LogP) is 5.93. The normalized spacial score (nSPS) is 11.1. The van der Waals surface area contributed by atoms with Crippen molar-refractivity contribution in [2.45, 2.75) is 32.6 Å². The van der Waals surface area contributed by atoms with E-state index in [0.717, 1.165) is 34.3 Å². The van der Waals surface area contributed by atoms with Crippen molar-refractivity contribution in [3.63, 3.8) is 0 Å². The Kier molecular flexibility index (Phi) is 6.84. The quantitative estimate of drug-likeness (QED) is 0.349. The van der Waals surface area contributed by atoms with Gasteiger partial charge in [0, 0.05) is 16.9 Å². The van der Waals surface area contributed by atoms with E-state index in [1.165, 1.54) is 11.3 Å². The molecule has 8 heteroatoms. The fraction of sp³-hybridized carbons (Fsp3) is 0.280. The number of anilines is 1. The smallest absolute Gasteiger partial charge is 0.258 e. The van der Waals surface area contributed by atoms with E-state index >= 15 is 0 Å². The minimum absolute atomic E-state index is 0.248. The number of pyridine rings is 1. The summed E-state index contributed by atoms with van der Waals surface area (Å²) in [5.41, 5.74) is 2.73. The first-order valence-electron chi connectivity index (χ1n) is 10.8. The Morgan fingerprint density at radius 2 is 1.76 bits per heavy atom. The van der Waals surface area contributed by atoms with Gasteiger partial charge < -0.3 is 9.47 Å². The van der Waals surface area contributed by atoms with Crippen molar-refractivity contribution >= 4 is 33.3 Å². The van der Waals surface area contributed by atoms with Gasteiger partial charge in [-0.05, 0) is 43.2 Å². The summed E-state index contributed by atoms with van der Waals surface area (Å²) < 4.78 is 10.8. The number of hydrogen-bond acceptors (Lipinski definition) is 7. The van der Waals surface area contributed by atoms with Crippen molar-refractivity contribution < 1.29 is 14.3 Å². The Labute approximate surface area is 196 Å². The van der Waals surface area contributed by atoms with Crippen molar-refractivity contribution in [1.82, 2.24) is 15.2 Å². The molecule has 4 aromatic rings. The highest BCUT2D eigenvalue weighted by Gasteiger charge is 2.18. The van der Waals surface area contributed by atoms with Gasteiger partial charge in [0.25, 0.3) is 5.91 Å². The first kappa shape index (κ1) is 22.7. The zero-order chi connectivity index (χ0) is 23.4. The van der Waals surface area contributed by atoms with Crippen molar-refractivity contribution in [1.29, 1.82) is 0 Å². The van der Waals surface area contributed by atoms with Gasteiger partial charge in [-0.3, -0.25) is 10.1 Å². The van der Waals surface area contributed by atoms with E-state index in [-0.39, 0.29) is 5.91 Å². The number of nitrogens with zero attached hydrogens (tertiary/aromatic N) is 3. The molecule has 2 aromatic carbocycles. The highest BCUT2D eigenvalue weighted by Crippen LogP contribution is 2.34. The Bertz CT molecular complexity index is 1280. The molecule has 0 bridgehead atoms. The molecule has 1 N–H and O–H groups in total. The highest BCUT2D eigenvalue weighted by molar-refractivity contribution is 7.15. The zero-order valence-corrected chi connectivity index (χ0v) is 19.9. The van der Waals surface area contributed by atoms with Crippen molar-refractivity contribution in [2.75, 3.05) is 19.5 Å². The molecule has 7 nitrogen and oxygen atoms in total. The van der Waals surface area contributed by atoms with Gasteiger partial charge in [0.2, 0.25) is 5.13 Å². The molecule has 0 atom stereocenters. The van der Waals surface area contributed by atoms with Gasteiger partial charge in [0.1, 0.15) is 5.01 Å². The van der Waals surface area contributed by atoms with Gasteiger partial charge in [-0.25, -0.2) is 4.98 Å². The van der Waals surface area contributed by atoms with E-state index in [1.807, 2.05) is 42.5 Å². The first-order valence-corrected chi connectivity index (χ1v) is 11.7. The number of amides is 1. The molecule has 4 rings (SSSR count). The fourth-order valence-corrected chi connectivity index (χ4v) is 4.76. The van der Waals surface area contributed by atoms with E-state index in [4.69, 9.17) is 14.5 Å². The molecule has 0 saturated heterocycles. The lowest BCUT2D eigenvalue weighted by molar-refractivity contribution is 0.102. The van der Waals surface area contributed by atoms with Crippen LogP contribution in [0.25, 0.3) is 22.2 Å². The van der Waals surface area contributed by atoms with Crippen LogP contribution in [0.2, 0.25) is 0 Å². The summed E-state index contributed by atoms with van der Waals surface area (Å²) in [5.74, 6) is 1.33. The molecule has 0 aliphatic rings. The summed E-state index contributed by atoms with van der Waals surface area (Å²) in [6, 6.07) is 15.0. The maximum absolute atomic E-state index is 13.3. The van der Waals surface area contributed by atoms with E-state index < -0.39 is 0 Å². The second kappa shape index (κ2) is 9.95. The molecule has 0 spiro atoms. The first-order chi connectivity index (χ1) is 16.1. The van der Waals surface area contributed by atoms with Crippen LogP contribution in [0.15, 0.2) is 48.5 Å². The monoisotopic (exact) mass is 462 g/mol. The number of fused-ring (bicyclic) bond motifs is 1. The third kappa shape index (κ3) is 4.66. The van der Waals surface area contributed by atoms with Crippen LogP contribution in [0.5, 0.6) is 11.5 Å². The summed E-state index contributed by atoms with van der Waals surface area (Å²) in [6.45, 7) is 4.26. The van der Waals surface area contributed by atoms with Crippen molar-refractivity contribution in [3.8, 4) is 22.8 Å². The lowest BCUT2D eigenvalue weighted by Crippen LogP contribution is -2.13. The standard InChI is InChI=1S/C25H26N4O3S/c1-5-15(6-2)24-28-29-25(33-24)27-23(30)18-14-20(26-19-10-8-7-9-17(18)19)16-11-12-21(31-3)22(13-16)32-4/h7-15H,5-6H2,1-4H3,(H,27,29,30). The molecule has 0 radical (unpaired) electrons. The Morgan fingerprint density at radius 1 is 1.00 bits per heavy atom. The van der Waals surface area contributed by atoms with Crippen molar-refractivity contribution in [3.05, 3.63) is 59.1 Å². The van der Waals surface area contributed by atoms with Gasteiger partial charge >= 0.3 is 0 Å². The predicted molar refractivity (Wildman–Crippen MR) is 131 cm³/mol. The summed E-state index contributed by atoms with van der Waals surface area (Å²) >= 11 is 1.43. The lowest BCUT2D eigenvalue weighted by Gasteiger charge is -2.12. The molecule has 33 heavy (non-hydrogen) atoms. The molecule has 0 aliphatic heterocycles. The Hall–Kier alpha value is -3.52. The van der Waals surface area contributed by atoms with Gasteiger partial charge in [-0.15, -0.1) is 10.2 Å². The largest absolute Gasteiger partial charge is 0.493 e. The number of carbonyl (C=O) groups is 1. The van der Waals surface area contributed by atoms with Crippen LogP contribution in [0.4, 0.5) is 5.13 Å². The molecule has 2 heterocycles. The lowest BCUT2D eigenvalue weighted by atomic mass is 10.0. The van der Waals surface area contributed by atoms with Crippen LogP contribution in [0, 0.1) is 0 Å². The molecule has 0 fully saturated rings. The SMILES string of the molecule is CCC(CC)c1nnc(NC(=O)c2cc(-c3ccc(OC)c(OC)c3)nc3ccccc23)s1. The number of nitrogens with one attached hydrogen (secondary N) is 1. The molecule has 2 aromatic heterocycles. The molecule has 0 saturated carbocycles. The van der Waals surface area contributed by atoms with Crippen LogP contribution >= 0.6 is 11.3 Å². The van der Waals surface area contributed by atoms with Crippen LogP contribution < -0.4 is 14.8 Å². The van der Waals surface area contributed by atoms with E-state index in [9.17, 15) is 4.79 Å². The summed E-state index contributed by atoms with van der Waals surface area (Å²) in [4.78, 5) is 18.1. The number of aromatic nitrogens is 3. The third-order valence-electron chi connectivity index (χ3n) is 5.64. The number of para-hydroxylation sites is 1. The molecule has 0 unspecified atom stereocenters. The van der Waals surface area contributed by atoms with Crippen molar-refractivity contribution in [2.24, 2.45) is 0 Å².